The van der Waals surface area contributed by atoms with Gasteiger partial charge in [-0.25, -0.2) is 0 Å². The van der Waals surface area contributed by atoms with Gasteiger partial charge >= 0.3 is 0 Å². The van der Waals surface area contributed by atoms with Crippen molar-refractivity contribution in [1.29, 1.82) is 0 Å². The number of carbonyl (C=O) groups excluding carboxylic acids is 2. The molecule has 0 aromatic heterocycles. The Morgan fingerprint density at radius 1 is 1.06 bits per heavy atom. The first-order valence-corrected chi connectivity index (χ1v) is 5.83. The fourth-order valence-corrected chi connectivity index (χ4v) is 1.45. The molecule has 3 heteroatoms. The average Bonchev–Trinajstić information content (AvgIpc) is 2.29. The Morgan fingerprint density at radius 2 is 1.71 bits per heavy atom. The molecule has 0 N–H and O–H groups in total. The molecule has 0 heterocycles. The van der Waals surface area contributed by atoms with Gasteiger partial charge in [0.1, 0.15) is 11.5 Å². The van der Waals surface area contributed by atoms with Crippen LogP contribution in [0.25, 0.3) is 0 Å². The maximum Gasteiger partial charge on any atom is 0.159 e. The summed E-state index contributed by atoms with van der Waals surface area (Å²) in [5, 5.41) is 0. The maximum atomic E-state index is 11.0. The summed E-state index contributed by atoms with van der Waals surface area (Å²) in [5.41, 5.74) is 0.689. The molecule has 0 atom stereocenters. The molecule has 1 aromatic carbocycles. The Balaban J connectivity index is 2.27. The fourth-order valence-electron chi connectivity index (χ4n) is 1.45. The second kappa shape index (κ2) is 6.84. The van der Waals surface area contributed by atoms with E-state index in [0.717, 1.165) is 18.6 Å². The van der Waals surface area contributed by atoms with E-state index in [-0.39, 0.29) is 11.6 Å². The van der Waals surface area contributed by atoms with E-state index < -0.39 is 0 Å². The molecule has 0 fully saturated rings. The van der Waals surface area contributed by atoms with Crippen LogP contribution < -0.4 is 4.74 Å². The quantitative estimate of drug-likeness (QED) is 0.538. The number of carbonyl (C=O) groups is 2. The Morgan fingerprint density at radius 3 is 2.24 bits per heavy atom. The molecular weight excluding hydrogens is 216 g/mol. The Bertz CT molecular complexity index is 379. The van der Waals surface area contributed by atoms with Crippen molar-refractivity contribution in [1.82, 2.24) is 0 Å². The third-order valence-electron chi connectivity index (χ3n) is 2.45. The van der Waals surface area contributed by atoms with Crippen molar-refractivity contribution < 1.29 is 14.3 Å². The van der Waals surface area contributed by atoms with Crippen molar-refractivity contribution in [2.45, 2.75) is 33.1 Å². The van der Waals surface area contributed by atoms with Gasteiger partial charge in [-0.3, -0.25) is 4.79 Å². The molecule has 0 amide bonds. The van der Waals surface area contributed by atoms with Gasteiger partial charge in [0.25, 0.3) is 0 Å². The van der Waals surface area contributed by atoms with Crippen LogP contribution in [-0.2, 0) is 4.79 Å². The van der Waals surface area contributed by atoms with Gasteiger partial charge in [-0.2, -0.15) is 0 Å². The van der Waals surface area contributed by atoms with Crippen LogP contribution in [0, 0.1) is 0 Å². The molecule has 0 saturated heterocycles. The summed E-state index contributed by atoms with van der Waals surface area (Å²) < 4.78 is 5.50. The van der Waals surface area contributed by atoms with E-state index in [9.17, 15) is 9.59 Å². The minimum Gasteiger partial charge on any atom is -0.494 e. The van der Waals surface area contributed by atoms with Gasteiger partial charge in [0, 0.05) is 12.0 Å². The molecule has 1 aromatic rings. The first-order valence-electron chi connectivity index (χ1n) is 5.83. The molecule has 3 nitrogen and oxygen atoms in total. The average molecular weight is 234 g/mol. The summed E-state index contributed by atoms with van der Waals surface area (Å²) in [5.74, 6) is 1.03. The molecule has 0 aliphatic heterocycles. The summed E-state index contributed by atoms with van der Waals surface area (Å²) in [4.78, 5) is 21.8. The van der Waals surface area contributed by atoms with E-state index in [1.54, 1.807) is 31.2 Å². The number of hydrogen-bond donors (Lipinski definition) is 0. The lowest BCUT2D eigenvalue weighted by atomic mass is 10.1. The van der Waals surface area contributed by atoms with Crippen LogP contribution in [0.1, 0.15) is 43.5 Å². The van der Waals surface area contributed by atoms with Gasteiger partial charge in [-0.05, 0) is 51.0 Å². The van der Waals surface area contributed by atoms with E-state index in [1.807, 2.05) is 0 Å². The van der Waals surface area contributed by atoms with Gasteiger partial charge in [0.2, 0.25) is 0 Å². The molecule has 0 spiro atoms. The molecule has 0 bridgehead atoms. The monoisotopic (exact) mass is 234 g/mol. The number of ketones is 2. The standard InChI is InChI=1S/C14H18O3/c1-11(15)5-3-4-10-17-14-8-6-13(7-9-14)12(2)16/h6-9H,3-5,10H2,1-2H3. The van der Waals surface area contributed by atoms with Crippen LogP contribution in [0.4, 0.5) is 0 Å². The van der Waals surface area contributed by atoms with Crippen LogP contribution >= 0.6 is 0 Å². The smallest absolute Gasteiger partial charge is 0.159 e. The van der Waals surface area contributed by atoms with Crippen LogP contribution in [0.5, 0.6) is 5.75 Å². The Hall–Kier alpha value is -1.64. The largest absolute Gasteiger partial charge is 0.494 e. The van der Waals surface area contributed by atoms with Crippen molar-refractivity contribution in [2.24, 2.45) is 0 Å². The number of hydrogen-bond acceptors (Lipinski definition) is 3. The number of unbranched alkanes of at least 4 members (excludes halogenated alkanes) is 1. The molecule has 0 aliphatic rings. The van der Waals surface area contributed by atoms with E-state index >= 15 is 0 Å². The zero-order valence-electron chi connectivity index (χ0n) is 10.4. The van der Waals surface area contributed by atoms with Crippen molar-refractivity contribution in [2.75, 3.05) is 6.61 Å². The normalized spacial score (nSPS) is 10.0. The van der Waals surface area contributed by atoms with Crippen LogP contribution in [0.2, 0.25) is 0 Å². The molecular formula is C14H18O3. The summed E-state index contributed by atoms with van der Waals surface area (Å²) in [6, 6.07) is 7.10. The van der Waals surface area contributed by atoms with Crippen LogP contribution in [-0.4, -0.2) is 18.2 Å². The van der Waals surface area contributed by atoms with Gasteiger partial charge in [0.05, 0.1) is 6.61 Å². The van der Waals surface area contributed by atoms with Crippen molar-refractivity contribution in [3.63, 3.8) is 0 Å². The first kappa shape index (κ1) is 13.4. The third kappa shape index (κ3) is 5.29. The molecule has 92 valence electrons. The number of Topliss-reactive ketones (excluding diaryl/α,β-unsaturated/α-hetero) is 2. The van der Waals surface area contributed by atoms with Gasteiger partial charge in [0.15, 0.2) is 5.78 Å². The fraction of sp³-hybridized carbons (Fsp3) is 0.429. The lowest BCUT2D eigenvalue weighted by Crippen LogP contribution is -1.99. The molecule has 1 rings (SSSR count). The van der Waals surface area contributed by atoms with Crippen LogP contribution in [0.15, 0.2) is 24.3 Å². The molecule has 0 aliphatic carbocycles. The topological polar surface area (TPSA) is 43.4 Å². The summed E-state index contributed by atoms with van der Waals surface area (Å²) in [6.07, 6.45) is 2.35. The highest BCUT2D eigenvalue weighted by Crippen LogP contribution is 2.13. The minimum absolute atomic E-state index is 0.0537. The van der Waals surface area contributed by atoms with E-state index in [0.29, 0.717) is 18.6 Å². The summed E-state index contributed by atoms with van der Waals surface area (Å²) >= 11 is 0. The Labute approximate surface area is 102 Å². The molecule has 0 radical (unpaired) electrons. The van der Waals surface area contributed by atoms with E-state index in [2.05, 4.69) is 0 Å². The lowest BCUT2D eigenvalue weighted by molar-refractivity contribution is -0.117. The minimum atomic E-state index is 0.0537. The lowest BCUT2D eigenvalue weighted by Gasteiger charge is -2.05. The van der Waals surface area contributed by atoms with E-state index in [1.165, 1.54) is 6.92 Å². The maximum absolute atomic E-state index is 11.0. The zero-order chi connectivity index (χ0) is 12.7. The van der Waals surface area contributed by atoms with E-state index in [4.69, 9.17) is 4.74 Å². The number of benzene rings is 1. The number of rotatable bonds is 7. The summed E-state index contributed by atoms with van der Waals surface area (Å²) in [7, 11) is 0. The van der Waals surface area contributed by atoms with Gasteiger partial charge < -0.3 is 9.53 Å². The summed E-state index contributed by atoms with van der Waals surface area (Å²) in [6.45, 7) is 3.74. The predicted octanol–water partition coefficient (Wildman–Crippen LogP) is 3.03. The third-order valence-corrected chi connectivity index (χ3v) is 2.45. The van der Waals surface area contributed by atoms with Crippen molar-refractivity contribution >= 4 is 11.6 Å². The molecule has 0 unspecified atom stereocenters. The van der Waals surface area contributed by atoms with Crippen molar-refractivity contribution in [3.05, 3.63) is 29.8 Å². The van der Waals surface area contributed by atoms with Crippen LogP contribution in [0.3, 0.4) is 0 Å². The highest BCUT2D eigenvalue weighted by Gasteiger charge is 1.99. The first-order chi connectivity index (χ1) is 8.09. The second-order valence-corrected chi connectivity index (χ2v) is 4.09. The SMILES string of the molecule is CC(=O)CCCCOc1ccc(C(C)=O)cc1. The predicted molar refractivity (Wildman–Crippen MR) is 66.5 cm³/mol. The van der Waals surface area contributed by atoms with Crippen molar-refractivity contribution in [3.8, 4) is 5.75 Å². The molecule has 17 heavy (non-hydrogen) atoms. The highest BCUT2D eigenvalue weighted by atomic mass is 16.5. The Kier molecular flexibility index (Phi) is 5.40. The zero-order valence-corrected chi connectivity index (χ0v) is 10.4. The van der Waals surface area contributed by atoms with Gasteiger partial charge in [-0.15, -0.1) is 0 Å². The number of ether oxygens (including phenoxy) is 1. The molecule has 0 saturated carbocycles. The highest BCUT2D eigenvalue weighted by molar-refractivity contribution is 5.94. The second-order valence-electron chi connectivity index (χ2n) is 4.09. The van der Waals surface area contributed by atoms with Gasteiger partial charge in [-0.1, -0.05) is 0 Å².